The zero-order chi connectivity index (χ0) is 12.0. The van der Waals surface area contributed by atoms with Crippen LogP contribution >= 0.6 is 0 Å². The van der Waals surface area contributed by atoms with Crippen LogP contribution in [0.1, 0.15) is 85.5 Å². The van der Waals surface area contributed by atoms with Crippen LogP contribution in [0.4, 0.5) is 0 Å². The standard InChI is InChI=1S/C16H32/c1-5-15(3)16(4)12-8-6-10-14(2)11-7-9-13-16/h14-15H,5-13H2,1-4H3. The number of hydrogen-bond acceptors (Lipinski definition) is 0. The van der Waals surface area contributed by atoms with Crippen LogP contribution in [0.5, 0.6) is 0 Å². The Kier molecular flexibility index (Phi) is 5.86. The highest BCUT2D eigenvalue weighted by Gasteiger charge is 2.29. The zero-order valence-electron chi connectivity index (χ0n) is 12.0. The van der Waals surface area contributed by atoms with Crippen molar-refractivity contribution in [2.75, 3.05) is 0 Å². The van der Waals surface area contributed by atoms with Gasteiger partial charge in [-0.25, -0.2) is 0 Å². The third-order valence-electron chi connectivity index (χ3n) is 5.19. The van der Waals surface area contributed by atoms with Gasteiger partial charge in [-0.15, -0.1) is 0 Å². The molecule has 0 N–H and O–H groups in total. The second-order valence-corrected chi connectivity index (χ2v) is 6.56. The van der Waals surface area contributed by atoms with Gasteiger partial charge in [0.1, 0.15) is 0 Å². The first kappa shape index (κ1) is 14.1. The van der Waals surface area contributed by atoms with Crippen molar-refractivity contribution >= 4 is 0 Å². The summed E-state index contributed by atoms with van der Waals surface area (Å²) in [7, 11) is 0. The molecule has 0 radical (unpaired) electrons. The monoisotopic (exact) mass is 224 g/mol. The summed E-state index contributed by atoms with van der Waals surface area (Å²) < 4.78 is 0. The van der Waals surface area contributed by atoms with Crippen molar-refractivity contribution in [2.45, 2.75) is 85.5 Å². The molecule has 1 aliphatic rings. The third kappa shape index (κ3) is 4.11. The minimum atomic E-state index is 0.634. The lowest BCUT2D eigenvalue weighted by Crippen LogP contribution is -2.25. The highest BCUT2D eigenvalue weighted by atomic mass is 14.3. The predicted molar refractivity (Wildman–Crippen MR) is 73.7 cm³/mol. The molecule has 0 heterocycles. The molecule has 0 heteroatoms. The van der Waals surface area contributed by atoms with Crippen molar-refractivity contribution in [2.24, 2.45) is 17.3 Å². The zero-order valence-corrected chi connectivity index (χ0v) is 12.0. The molecule has 0 aliphatic heterocycles. The molecule has 96 valence electrons. The molecule has 0 nitrogen and oxygen atoms in total. The van der Waals surface area contributed by atoms with Gasteiger partial charge >= 0.3 is 0 Å². The Labute approximate surface area is 103 Å². The lowest BCUT2D eigenvalue weighted by molar-refractivity contribution is 0.145. The SMILES string of the molecule is CCC(C)C1(C)CCCCC(C)CCCC1. The topological polar surface area (TPSA) is 0 Å². The third-order valence-corrected chi connectivity index (χ3v) is 5.19. The van der Waals surface area contributed by atoms with Crippen molar-refractivity contribution in [3.63, 3.8) is 0 Å². The van der Waals surface area contributed by atoms with Crippen molar-refractivity contribution in [3.8, 4) is 0 Å². The van der Waals surface area contributed by atoms with Crippen LogP contribution in [-0.4, -0.2) is 0 Å². The summed E-state index contributed by atoms with van der Waals surface area (Å²) in [6.07, 6.45) is 13.1. The Hall–Kier alpha value is 0. The Bertz CT molecular complexity index is 170. The van der Waals surface area contributed by atoms with Gasteiger partial charge in [0.25, 0.3) is 0 Å². The van der Waals surface area contributed by atoms with Crippen molar-refractivity contribution in [3.05, 3.63) is 0 Å². The van der Waals surface area contributed by atoms with Gasteiger partial charge in [0.05, 0.1) is 0 Å². The molecule has 1 unspecified atom stereocenters. The van der Waals surface area contributed by atoms with Gasteiger partial charge in [-0.1, -0.05) is 72.6 Å². The van der Waals surface area contributed by atoms with E-state index < -0.39 is 0 Å². The Morgan fingerprint density at radius 3 is 2.00 bits per heavy atom. The van der Waals surface area contributed by atoms with Gasteiger partial charge in [0.2, 0.25) is 0 Å². The average molecular weight is 224 g/mol. The summed E-state index contributed by atoms with van der Waals surface area (Å²) in [5, 5.41) is 0. The van der Waals surface area contributed by atoms with Crippen LogP contribution in [0.15, 0.2) is 0 Å². The first-order chi connectivity index (χ1) is 7.58. The van der Waals surface area contributed by atoms with E-state index in [4.69, 9.17) is 0 Å². The molecule has 0 saturated heterocycles. The van der Waals surface area contributed by atoms with E-state index in [1.54, 1.807) is 0 Å². The van der Waals surface area contributed by atoms with Crippen LogP contribution in [-0.2, 0) is 0 Å². The van der Waals surface area contributed by atoms with E-state index in [0.717, 1.165) is 11.8 Å². The summed E-state index contributed by atoms with van der Waals surface area (Å²) >= 11 is 0. The predicted octanol–water partition coefficient (Wildman–Crippen LogP) is 5.81. The molecule has 1 rings (SSSR count). The summed E-state index contributed by atoms with van der Waals surface area (Å²) in [4.78, 5) is 0. The second-order valence-electron chi connectivity index (χ2n) is 6.56. The molecule has 0 amide bonds. The molecule has 16 heavy (non-hydrogen) atoms. The van der Waals surface area contributed by atoms with Crippen molar-refractivity contribution in [1.29, 1.82) is 0 Å². The maximum absolute atomic E-state index is 2.55. The van der Waals surface area contributed by atoms with E-state index in [2.05, 4.69) is 27.7 Å². The smallest absolute Gasteiger partial charge is 0.0300 e. The highest BCUT2D eigenvalue weighted by Crippen LogP contribution is 2.41. The van der Waals surface area contributed by atoms with Gasteiger partial charge in [0.15, 0.2) is 0 Å². The normalized spacial score (nSPS) is 35.6. The Balaban J connectivity index is 2.51. The first-order valence-electron chi connectivity index (χ1n) is 7.58. The quantitative estimate of drug-likeness (QED) is 0.555. The minimum Gasteiger partial charge on any atom is -0.0651 e. The van der Waals surface area contributed by atoms with Crippen LogP contribution in [0.2, 0.25) is 0 Å². The molecular weight excluding hydrogens is 192 g/mol. The maximum Gasteiger partial charge on any atom is -0.0300 e. The molecule has 1 fully saturated rings. The van der Waals surface area contributed by atoms with Gasteiger partial charge in [-0.2, -0.15) is 0 Å². The number of hydrogen-bond donors (Lipinski definition) is 0. The molecule has 0 bridgehead atoms. The summed E-state index contributed by atoms with van der Waals surface area (Å²) in [6, 6.07) is 0. The van der Waals surface area contributed by atoms with Gasteiger partial charge in [-0.3, -0.25) is 0 Å². The van der Waals surface area contributed by atoms with E-state index in [1.165, 1.54) is 57.8 Å². The second kappa shape index (κ2) is 6.67. The molecule has 1 aliphatic carbocycles. The van der Waals surface area contributed by atoms with E-state index in [9.17, 15) is 0 Å². The Morgan fingerprint density at radius 2 is 1.56 bits per heavy atom. The van der Waals surface area contributed by atoms with E-state index >= 15 is 0 Å². The summed E-state index contributed by atoms with van der Waals surface area (Å²) in [5.74, 6) is 1.89. The largest absolute Gasteiger partial charge is 0.0651 e. The number of rotatable bonds is 2. The molecular formula is C16H32. The maximum atomic E-state index is 2.55. The van der Waals surface area contributed by atoms with Gasteiger partial charge in [0, 0.05) is 0 Å². The first-order valence-corrected chi connectivity index (χ1v) is 7.58. The van der Waals surface area contributed by atoms with E-state index in [0.29, 0.717) is 5.41 Å². The van der Waals surface area contributed by atoms with Crippen LogP contribution in [0, 0.1) is 17.3 Å². The molecule has 0 aromatic heterocycles. The lowest BCUT2D eigenvalue weighted by Gasteiger charge is -2.36. The molecule has 1 saturated carbocycles. The minimum absolute atomic E-state index is 0.634. The fourth-order valence-electron chi connectivity index (χ4n) is 3.30. The van der Waals surface area contributed by atoms with Crippen LogP contribution in [0.3, 0.4) is 0 Å². The summed E-state index contributed by atoms with van der Waals surface area (Å²) in [5.41, 5.74) is 0.634. The fourth-order valence-corrected chi connectivity index (χ4v) is 3.30. The van der Waals surface area contributed by atoms with Gasteiger partial charge in [-0.05, 0) is 30.1 Å². The van der Waals surface area contributed by atoms with Crippen LogP contribution < -0.4 is 0 Å². The molecule has 0 aromatic rings. The van der Waals surface area contributed by atoms with Crippen LogP contribution in [0.25, 0.3) is 0 Å². The van der Waals surface area contributed by atoms with E-state index in [-0.39, 0.29) is 0 Å². The molecule has 0 aromatic carbocycles. The Morgan fingerprint density at radius 1 is 1.06 bits per heavy atom. The average Bonchev–Trinajstić information content (AvgIpc) is 2.29. The van der Waals surface area contributed by atoms with Crippen molar-refractivity contribution in [1.82, 2.24) is 0 Å². The van der Waals surface area contributed by atoms with Gasteiger partial charge < -0.3 is 0 Å². The van der Waals surface area contributed by atoms with Crippen molar-refractivity contribution < 1.29 is 0 Å². The van der Waals surface area contributed by atoms with E-state index in [1.807, 2.05) is 0 Å². The fraction of sp³-hybridized carbons (Fsp3) is 1.00. The molecule has 0 spiro atoms. The molecule has 1 atom stereocenters. The highest BCUT2D eigenvalue weighted by molar-refractivity contribution is 4.80. The lowest BCUT2D eigenvalue weighted by atomic mass is 9.69. The summed E-state index contributed by atoms with van der Waals surface area (Å²) in [6.45, 7) is 9.81.